The maximum Gasteiger partial charge on any atom is 0.225 e. The summed E-state index contributed by atoms with van der Waals surface area (Å²) in [6.45, 7) is 1.84. The second-order valence-corrected chi connectivity index (χ2v) is 5.76. The number of aliphatic hydroxyl groups excluding tert-OH is 1. The van der Waals surface area contributed by atoms with Crippen molar-refractivity contribution in [2.24, 2.45) is 0 Å². The molecular formula is C19H21N5O2. The molecule has 26 heavy (non-hydrogen) atoms. The van der Waals surface area contributed by atoms with Gasteiger partial charge in [-0.1, -0.05) is 12.1 Å². The Morgan fingerprint density at radius 3 is 2.73 bits per heavy atom. The molecule has 7 nitrogen and oxygen atoms in total. The van der Waals surface area contributed by atoms with Crippen molar-refractivity contribution in [2.45, 2.75) is 13.0 Å². The number of para-hydroxylation sites is 2. The van der Waals surface area contributed by atoms with E-state index >= 15 is 0 Å². The van der Waals surface area contributed by atoms with Gasteiger partial charge in [0.25, 0.3) is 0 Å². The van der Waals surface area contributed by atoms with Gasteiger partial charge in [-0.3, -0.25) is 4.98 Å². The molecule has 0 spiro atoms. The van der Waals surface area contributed by atoms with Crippen LogP contribution in [0.25, 0.3) is 11.3 Å². The van der Waals surface area contributed by atoms with E-state index in [0.29, 0.717) is 17.5 Å². The van der Waals surface area contributed by atoms with E-state index < -0.39 is 0 Å². The summed E-state index contributed by atoms with van der Waals surface area (Å²) in [4.78, 5) is 13.2. The van der Waals surface area contributed by atoms with Crippen LogP contribution >= 0.6 is 0 Å². The minimum atomic E-state index is -0.168. The fourth-order valence-corrected chi connectivity index (χ4v) is 2.39. The van der Waals surface area contributed by atoms with Crippen molar-refractivity contribution in [1.29, 1.82) is 0 Å². The molecule has 1 atom stereocenters. The normalized spacial score (nSPS) is 11.7. The lowest BCUT2D eigenvalue weighted by molar-refractivity contribution is 0.281. The van der Waals surface area contributed by atoms with Crippen molar-refractivity contribution >= 4 is 17.5 Å². The van der Waals surface area contributed by atoms with Gasteiger partial charge < -0.3 is 20.5 Å². The molecule has 3 aromatic rings. The molecule has 3 rings (SSSR count). The Hall–Kier alpha value is -3.19. The summed E-state index contributed by atoms with van der Waals surface area (Å²) in [5.74, 6) is 1.74. The molecule has 0 aliphatic carbocycles. The molecule has 0 saturated heterocycles. The number of benzene rings is 1. The molecule has 0 unspecified atom stereocenters. The molecule has 0 aliphatic heterocycles. The van der Waals surface area contributed by atoms with E-state index in [1.807, 2.05) is 49.4 Å². The molecule has 1 aromatic carbocycles. The van der Waals surface area contributed by atoms with Crippen molar-refractivity contribution in [1.82, 2.24) is 15.0 Å². The molecule has 2 aromatic heterocycles. The van der Waals surface area contributed by atoms with E-state index in [1.54, 1.807) is 19.5 Å². The average Bonchev–Trinajstić information content (AvgIpc) is 2.69. The van der Waals surface area contributed by atoms with Gasteiger partial charge in [-0.2, -0.15) is 4.98 Å². The van der Waals surface area contributed by atoms with E-state index in [1.165, 1.54) is 0 Å². The number of nitrogens with zero attached hydrogens (tertiary/aromatic N) is 3. The first-order valence-electron chi connectivity index (χ1n) is 8.26. The minimum Gasteiger partial charge on any atom is -0.495 e. The van der Waals surface area contributed by atoms with Crippen molar-refractivity contribution in [3.63, 3.8) is 0 Å². The highest BCUT2D eigenvalue weighted by Crippen LogP contribution is 2.28. The van der Waals surface area contributed by atoms with E-state index in [9.17, 15) is 5.11 Å². The highest BCUT2D eigenvalue weighted by atomic mass is 16.5. The summed E-state index contributed by atoms with van der Waals surface area (Å²) in [5, 5.41) is 15.7. The van der Waals surface area contributed by atoms with Gasteiger partial charge in [0.15, 0.2) is 0 Å². The van der Waals surface area contributed by atoms with Crippen molar-refractivity contribution in [2.75, 3.05) is 24.4 Å². The largest absolute Gasteiger partial charge is 0.495 e. The lowest BCUT2D eigenvalue weighted by Crippen LogP contribution is -2.21. The standard InChI is InChI=1S/C19H21N5O2/c1-13(12-25)21-19-23-16(14-6-5-9-20-11-14)10-18(24-19)22-15-7-3-4-8-17(15)26-2/h3-11,13,25H,12H2,1-2H3,(H2,21,22,23,24)/t13-/m0/s1. The Balaban J connectivity index is 1.99. The number of hydrogen-bond acceptors (Lipinski definition) is 7. The summed E-state index contributed by atoms with van der Waals surface area (Å²) in [5.41, 5.74) is 2.39. The van der Waals surface area contributed by atoms with Crippen LogP contribution in [0.15, 0.2) is 54.9 Å². The lowest BCUT2D eigenvalue weighted by atomic mass is 10.2. The molecule has 2 heterocycles. The summed E-state index contributed by atoms with van der Waals surface area (Å²) in [6, 6.07) is 13.1. The third-order valence-electron chi connectivity index (χ3n) is 3.70. The van der Waals surface area contributed by atoms with Crippen molar-refractivity contribution in [3.05, 3.63) is 54.9 Å². The Morgan fingerprint density at radius 1 is 1.15 bits per heavy atom. The van der Waals surface area contributed by atoms with Gasteiger partial charge in [-0.25, -0.2) is 4.98 Å². The number of pyridine rings is 1. The number of methoxy groups -OCH3 is 1. The molecular weight excluding hydrogens is 330 g/mol. The Kier molecular flexibility index (Phi) is 5.60. The molecule has 0 aliphatic rings. The highest BCUT2D eigenvalue weighted by Gasteiger charge is 2.11. The molecule has 3 N–H and O–H groups in total. The number of aromatic nitrogens is 3. The van der Waals surface area contributed by atoms with Crippen LogP contribution in [0.2, 0.25) is 0 Å². The average molecular weight is 351 g/mol. The Bertz CT molecular complexity index is 858. The molecule has 0 fully saturated rings. The maximum absolute atomic E-state index is 9.30. The van der Waals surface area contributed by atoms with Gasteiger partial charge in [0.2, 0.25) is 5.95 Å². The zero-order valence-corrected chi connectivity index (χ0v) is 14.7. The van der Waals surface area contributed by atoms with E-state index in [4.69, 9.17) is 4.74 Å². The number of aliphatic hydroxyl groups is 1. The fraction of sp³-hybridized carbons (Fsp3) is 0.211. The predicted octanol–water partition coefficient (Wildman–Crippen LogP) is 3.08. The van der Waals surface area contributed by atoms with Crippen LogP contribution < -0.4 is 15.4 Å². The fourth-order valence-electron chi connectivity index (χ4n) is 2.39. The van der Waals surface area contributed by atoms with Gasteiger partial charge in [0, 0.05) is 30.1 Å². The van der Waals surface area contributed by atoms with Crippen LogP contribution in [-0.4, -0.2) is 39.8 Å². The maximum atomic E-state index is 9.30. The monoisotopic (exact) mass is 351 g/mol. The number of anilines is 3. The summed E-state index contributed by atoms with van der Waals surface area (Å²) >= 11 is 0. The Morgan fingerprint density at radius 2 is 2.00 bits per heavy atom. The number of ether oxygens (including phenoxy) is 1. The number of rotatable bonds is 7. The van der Waals surface area contributed by atoms with E-state index in [0.717, 1.165) is 16.9 Å². The van der Waals surface area contributed by atoms with Crippen molar-refractivity contribution in [3.8, 4) is 17.0 Å². The van der Waals surface area contributed by atoms with Crippen LogP contribution in [0.5, 0.6) is 5.75 Å². The van der Waals surface area contributed by atoms with Crippen molar-refractivity contribution < 1.29 is 9.84 Å². The quantitative estimate of drug-likeness (QED) is 0.602. The smallest absolute Gasteiger partial charge is 0.225 e. The first kappa shape index (κ1) is 17.6. The van der Waals surface area contributed by atoms with Crippen LogP contribution in [0.4, 0.5) is 17.5 Å². The molecule has 134 valence electrons. The topological polar surface area (TPSA) is 92.2 Å². The summed E-state index contributed by atoms with van der Waals surface area (Å²) in [6.07, 6.45) is 3.46. The lowest BCUT2D eigenvalue weighted by Gasteiger charge is -2.15. The first-order valence-corrected chi connectivity index (χ1v) is 8.26. The molecule has 0 radical (unpaired) electrons. The highest BCUT2D eigenvalue weighted by molar-refractivity contribution is 5.69. The summed E-state index contributed by atoms with van der Waals surface area (Å²) in [7, 11) is 1.62. The number of hydrogen-bond donors (Lipinski definition) is 3. The van der Waals surface area contributed by atoms with Gasteiger partial charge in [-0.15, -0.1) is 0 Å². The summed E-state index contributed by atoms with van der Waals surface area (Å²) < 4.78 is 5.38. The SMILES string of the molecule is COc1ccccc1Nc1cc(-c2cccnc2)nc(N[C@@H](C)CO)n1. The van der Waals surface area contributed by atoms with Gasteiger partial charge in [-0.05, 0) is 31.2 Å². The second-order valence-electron chi connectivity index (χ2n) is 5.76. The molecule has 0 amide bonds. The molecule has 0 bridgehead atoms. The van der Waals surface area contributed by atoms with Gasteiger partial charge >= 0.3 is 0 Å². The van der Waals surface area contributed by atoms with Crippen LogP contribution in [0.3, 0.4) is 0 Å². The predicted molar refractivity (Wildman–Crippen MR) is 102 cm³/mol. The van der Waals surface area contributed by atoms with E-state index in [-0.39, 0.29) is 12.6 Å². The first-order chi connectivity index (χ1) is 12.7. The van der Waals surface area contributed by atoms with Crippen LogP contribution in [0, 0.1) is 0 Å². The van der Waals surface area contributed by atoms with Gasteiger partial charge in [0.1, 0.15) is 11.6 Å². The minimum absolute atomic E-state index is 0.0181. The second kappa shape index (κ2) is 8.26. The number of nitrogens with one attached hydrogen (secondary N) is 2. The van der Waals surface area contributed by atoms with Gasteiger partial charge in [0.05, 0.1) is 25.1 Å². The van der Waals surface area contributed by atoms with E-state index in [2.05, 4.69) is 25.6 Å². The van der Waals surface area contributed by atoms with Crippen LogP contribution in [0.1, 0.15) is 6.92 Å². The van der Waals surface area contributed by atoms with Crippen LogP contribution in [-0.2, 0) is 0 Å². The zero-order valence-electron chi connectivity index (χ0n) is 14.7. The molecule has 7 heteroatoms. The zero-order chi connectivity index (χ0) is 18.4. The third kappa shape index (κ3) is 4.25. The Labute approximate surface area is 152 Å². The third-order valence-corrected chi connectivity index (χ3v) is 3.70. The molecule has 0 saturated carbocycles.